The lowest BCUT2D eigenvalue weighted by atomic mass is 10.1. The van der Waals surface area contributed by atoms with Crippen molar-refractivity contribution in [1.29, 1.82) is 0 Å². The molecule has 0 bridgehead atoms. The lowest BCUT2D eigenvalue weighted by molar-refractivity contribution is 0.860. The molecule has 0 aliphatic rings. The van der Waals surface area contributed by atoms with E-state index >= 15 is 0 Å². The Bertz CT molecular complexity index is 435. The molecule has 1 aromatic carbocycles. The molecule has 0 spiro atoms. The maximum Gasteiger partial charge on any atom is 0.130 e. The van der Waals surface area contributed by atoms with Crippen LogP contribution in [0.3, 0.4) is 0 Å². The topological polar surface area (TPSA) is 51.8 Å². The maximum absolute atomic E-state index is 5.60. The third kappa shape index (κ3) is 2.79. The molecule has 0 amide bonds. The SMILES string of the molecule is Cc1cccc(CCc2nccc(N)n2)c1. The number of aromatic nitrogens is 2. The van der Waals surface area contributed by atoms with E-state index in [9.17, 15) is 0 Å². The second-order valence-corrected chi connectivity index (χ2v) is 3.89. The molecule has 0 fully saturated rings. The molecule has 0 unspecified atom stereocenters. The summed E-state index contributed by atoms with van der Waals surface area (Å²) in [6, 6.07) is 10.2. The van der Waals surface area contributed by atoms with Crippen molar-refractivity contribution >= 4 is 5.82 Å². The predicted molar refractivity (Wildman–Crippen MR) is 65.0 cm³/mol. The zero-order valence-corrected chi connectivity index (χ0v) is 9.35. The van der Waals surface area contributed by atoms with Crippen LogP contribution in [0, 0.1) is 6.92 Å². The first kappa shape index (κ1) is 10.6. The zero-order valence-electron chi connectivity index (χ0n) is 9.35. The van der Waals surface area contributed by atoms with Gasteiger partial charge >= 0.3 is 0 Å². The van der Waals surface area contributed by atoms with E-state index in [2.05, 4.69) is 41.2 Å². The molecule has 0 aliphatic carbocycles. The molecule has 82 valence electrons. The average molecular weight is 213 g/mol. The van der Waals surface area contributed by atoms with Crippen LogP contribution in [0.15, 0.2) is 36.5 Å². The normalized spacial score (nSPS) is 10.3. The largest absolute Gasteiger partial charge is 0.384 e. The molecule has 0 saturated carbocycles. The Labute approximate surface area is 95.4 Å². The van der Waals surface area contributed by atoms with Crippen molar-refractivity contribution in [3.05, 3.63) is 53.5 Å². The van der Waals surface area contributed by atoms with Crippen LogP contribution in [0.25, 0.3) is 0 Å². The fraction of sp³-hybridized carbons (Fsp3) is 0.231. The molecule has 0 atom stereocenters. The van der Waals surface area contributed by atoms with Gasteiger partial charge < -0.3 is 5.73 Å². The highest BCUT2D eigenvalue weighted by Crippen LogP contribution is 2.07. The van der Waals surface area contributed by atoms with Crippen molar-refractivity contribution in [3.63, 3.8) is 0 Å². The Morgan fingerprint density at radius 1 is 1.19 bits per heavy atom. The van der Waals surface area contributed by atoms with Gasteiger partial charge in [-0.05, 0) is 25.0 Å². The molecule has 16 heavy (non-hydrogen) atoms. The summed E-state index contributed by atoms with van der Waals surface area (Å²) >= 11 is 0. The summed E-state index contributed by atoms with van der Waals surface area (Å²) in [4.78, 5) is 8.36. The second kappa shape index (κ2) is 4.75. The molecular formula is C13H15N3. The summed E-state index contributed by atoms with van der Waals surface area (Å²) < 4.78 is 0. The first-order chi connectivity index (χ1) is 7.74. The number of rotatable bonds is 3. The van der Waals surface area contributed by atoms with Gasteiger partial charge in [-0.25, -0.2) is 9.97 Å². The van der Waals surface area contributed by atoms with Gasteiger partial charge in [0.05, 0.1) is 0 Å². The summed E-state index contributed by atoms with van der Waals surface area (Å²) in [5.74, 6) is 1.34. The predicted octanol–water partition coefficient (Wildman–Crippen LogP) is 2.15. The molecule has 1 heterocycles. The fourth-order valence-corrected chi connectivity index (χ4v) is 1.66. The van der Waals surface area contributed by atoms with Crippen LogP contribution in [-0.4, -0.2) is 9.97 Å². The Balaban J connectivity index is 2.02. The summed E-state index contributed by atoms with van der Waals surface area (Å²) in [5, 5.41) is 0. The Morgan fingerprint density at radius 2 is 2.06 bits per heavy atom. The molecule has 3 heteroatoms. The highest BCUT2D eigenvalue weighted by molar-refractivity contribution is 5.26. The quantitative estimate of drug-likeness (QED) is 0.850. The molecule has 0 aliphatic heterocycles. The highest BCUT2D eigenvalue weighted by atomic mass is 14.9. The number of hydrogen-bond donors (Lipinski definition) is 1. The molecule has 2 N–H and O–H groups in total. The van der Waals surface area contributed by atoms with Gasteiger partial charge in [0.15, 0.2) is 0 Å². The lowest BCUT2D eigenvalue weighted by Crippen LogP contribution is -2.00. The zero-order chi connectivity index (χ0) is 11.4. The molecule has 0 radical (unpaired) electrons. The average Bonchev–Trinajstić information content (AvgIpc) is 2.27. The maximum atomic E-state index is 5.60. The molecular weight excluding hydrogens is 198 g/mol. The summed E-state index contributed by atoms with van der Waals surface area (Å²) in [5.41, 5.74) is 8.20. The van der Waals surface area contributed by atoms with Gasteiger partial charge in [0.2, 0.25) is 0 Å². The Hall–Kier alpha value is -1.90. The van der Waals surface area contributed by atoms with Gasteiger partial charge in [-0.15, -0.1) is 0 Å². The Kier molecular flexibility index (Phi) is 3.15. The van der Waals surface area contributed by atoms with E-state index in [4.69, 9.17) is 5.73 Å². The van der Waals surface area contributed by atoms with Gasteiger partial charge in [-0.3, -0.25) is 0 Å². The van der Waals surface area contributed by atoms with Crippen LogP contribution in [0.2, 0.25) is 0 Å². The van der Waals surface area contributed by atoms with Crippen LogP contribution < -0.4 is 5.73 Å². The van der Waals surface area contributed by atoms with Crippen molar-refractivity contribution in [3.8, 4) is 0 Å². The summed E-state index contributed by atoms with van der Waals surface area (Å²) in [6.45, 7) is 2.10. The minimum Gasteiger partial charge on any atom is -0.384 e. The monoisotopic (exact) mass is 213 g/mol. The van der Waals surface area contributed by atoms with Crippen LogP contribution in [0.1, 0.15) is 17.0 Å². The number of nitrogens with zero attached hydrogens (tertiary/aromatic N) is 2. The Morgan fingerprint density at radius 3 is 2.81 bits per heavy atom. The van der Waals surface area contributed by atoms with Crippen molar-refractivity contribution in [2.24, 2.45) is 0 Å². The third-order valence-electron chi connectivity index (χ3n) is 2.45. The first-order valence-electron chi connectivity index (χ1n) is 5.37. The van der Waals surface area contributed by atoms with E-state index in [1.807, 2.05) is 0 Å². The van der Waals surface area contributed by atoms with E-state index in [-0.39, 0.29) is 0 Å². The van der Waals surface area contributed by atoms with E-state index in [0.29, 0.717) is 5.82 Å². The summed E-state index contributed by atoms with van der Waals surface area (Å²) in [7, 11) is 0. The van der Waals surface area contributed by atoms with E-state index in [0.717, 1.165) is 18.7 Å². The highest BCUT2D eigenvalue weighted by Gasteiger charge is 1.99. The van der Waals surface area contributed by atoms with Crippen LogP contribution in [0.5, 0.6) is 0 Å². The number of benzene rings is 1. The lowest BCUT2D eigenvalue weighted by Gasteiger charge is -2.02. The molecule has 1 aromatic heterocycles. The number of anilines is 1. The number of hydrogen-bond acceptors (Lipinski definition) is 3. The van der Waals surface area contributed by atoms with Crippen LogP contribution >= 0.6 is 0 Å². The standard InChI is InChI=1S/C13H15N3/c1-10-3-2-4-11(9-10)5-6-13-15-8-7-12(14)16-13/h2-4,7-9H,5-6H2,1H3,(H2,14,15,16). The molecule has 2 rings (SSSR count). The molecule has 0 saturated heterocycles. The van der Waals surface area contributed by atoms with Gasteiger partial charge in [-0.2, -0.15) is 0 Å². The van der Waals surface area contributed by atoms with E-state index in [1.165, 1.54) is 11.1 Å². The smallest absolute Gasteiger partial charge is 0.130 e. The number of nitrogens with two attached hydrogens (primary N) is 1. The molecule has 3 nitrogen and oxygen atoms in total. The van der Waals surface area contributed by atoms with Crippen LogP contribution in [-0.2, 0) is 12.8 Å². The fourth-order valence-electron chi connectivity index (χ4n) is 1.66. The number of nitrogen functional groups attached to an aromatic ring is 1. The first-order valence-corrected chi connectivity index (χ1v) is 5.37. The van der Waals surface area contributed by atoms with Gasteiger partial charge in [-0.1, -0.05) is 29.8 Å². The van der Waals surface area contributed by atoms with Crippen molar-refractivity contribution in [2.45, 2.75) is 19.8 Å². The van der Waals surface area contributed by atoms with Crippen molar-refractivity contribution in [1.82, 2.24) is 9.97 Å². The third-order valence-corrected chi connectivity index (χ3v) is 2.45. The van der Waals surface area contributed by atoms with E-state index in [1.54, 1.807) is 12.3 Å². The minimum absolute atomic E-state index is 0.536. The van der Waals surface area contributed by atoms with Gasteiger partial charge in [0.25, 0.3) is 0 Å². The van der Waals surface area contributed by atoms with Crippen molar-refractivity contribution < 1.29 is 0 Å². The second-order valence-electron chi connectivity index (χ2n) is 3.89. The van der Waals surface area contributed by atoms with Gasteiger partial charge in [0, 0.05) is 12.6 Å². The number of aryl methyl sites for hydroxylation is 3. The molecule has 2 aromatic rings. The summed E-state index contributed by atoms with van der Waals surface area (Å²) in [6.07, 6.45) is 3.48. The van der Waals surface area contributed by atoms with Gasteiger partial charge in [0.1, 0.15) is 11.6 Å². The van der Waals surface area contributed by atoms with Crippen LogP contribution in [0.4, 0.5) is 5.82 Å². The van der Waals surface area contributed by atoms with Crippen molar-refractivity contribution in [2.75, 3.05) is 5.73 Å². The van der Waals surface area contributed by atoms with E-state index < -0.39 is 0 Å². The minimum atomic E-state index is 0.536.